The van der Waals surface area contributed by atoms with Crippen LogP contribution in [-0.2, 0) is 18.4 Å². The molecule has 9 N–H and O–H groups in total. The molecule has 1 fully saturated rings. The van der Waals surface area contributed by atoms with Crippen molar-refractivity contribution in [3.05, 3.63) is 36.5 Å². The molecule has 1 rings (SSSR count). The number of aliphatic hydroxyl groups is 7. The van der Waals surface area contributed by atoms with Gasteiger partial charge in [0.05, 0.1) is 31.3 Å². The second-order valence-corrected chi connectivity index (χ2v) is 18.5. The molecule has 0 aliphatic heterocycles. The summed E-state index contributed by atoms with van der Waals surface area (Å²) in [6.45, 7) is 3.71. The summed E-state index contributed by atoms with van der Waals surface area (Å²) in [5, 5.41) is 74.4. The van der Waals surface area contributed by atoms with Crippen LogP contribution in [0.4, 0.5) is 0 Å². The summed E-state index contributed by atoms with van der Waals surface area (Å²) in [5.41, 5.74) is 0. The molecule has 13 nitrogen and oxygen atoms in total. The van der Waals surface area contributed by atoms with Crippen LogP contribution in [0.5, 0.6) is 0 Å². The first-order valence-corrected chi connectivity index (χ1v) is 25.5. The Morgan fingerprint density at radius 2 is 0.967 bits per heavy atom. The third-order valence-corrected chi connectivity index (χ3v) is 12.4. The molecule has 14 heteroatoms. The lowest BCUT2D eigenvalue weighted by Gasteiger charge is -2.41. The summed E-state index contributed by atoms with van der Waals surface area (Å²) in [6.07, 6.45) is 28.2. The van der Waals surface area contributed by atoms with Gasteiger partial charge in [0.2, 0.25) is 5.91 Å². The molecule has 8 atom stereocenters. The number of rotatable bonds is 39. The van der Waals surface area contributed by atoms with E-state index in [1.807, 2.05) is 0 Å². The van der Waals surface area contributed by atoms with Gasteiger partial charge in [0.15, 0.2) is 0 Å². The van der Waals surface area contributed by atoms with Gasteiger partial charge in [-0.1, -0.05) is 179 Å². The Kier molecular flexibility index (Phi) is 34.7. The predicted octanol–water partition coefficient (Wildman–Crippen LogP) is 8.14. The molecule has 1 amide bonds. The Bertz CT molecular complexity index is 1190. The minimum absolute atomic E-state index is 0.254. The van der Waals surface area contributed by atoms with Gasteiger partial charge < -0.3 is 46.0 Å². The number of hydrogen-bond acceptors (Lipinski definition) is 11. The normalized spacial score (nSPS) is 23.5. The summed E-state index contributed by atoms with van der Waals surface area (Å²) >= 11 is 0. The van der Waals surface area contributed by atoms with Crippen molar-refractivity contribution in [2.75, 3.05) is 6.61 Å². The lowest BCUT2D eigenvalue weighted by Crippen LogP contribution is -2.64. The van der Waals surface area contributed by atoms with E-state index >= 15 is 0 Å². The van der Waals surface area contributed by atoms with Crippen LogP contribution >= 0.6 is 7.82 Å². The topological polar surface area (TPSA) is 226 Å². The van der Waals surface area contributed by atoms with E-state index < -0.39 is 75.2 Å². The largest absolute Gasteiger partial charge is 0.472 e. The van der Waals surface area contributed by atoms with Crippen LogP contribution in [0.15, 0.2) is 36.5 Å². The second-order valence-electron chi connectivity index (χ2n) is 17.1. The minimum Gasteiger partial charge on any atom is -0.393 e. The number of phosphoric acid groups is 1. The third kappa shape index (κ3) is 28.8. The number of nitrogens with one attached hydrogen (secondary N) is 1. The van der Waals surface area contributed by atoms with Crippen LogP contribution in [0, 0.1) is 0 Å². The number of aliphatic hydroxyl groups excluding tert-OH is 7. The number of unbranched alkanes of at least 4 members (excludes halogenated alkanes) is 22. The van der Waals surface area contributed by atoms with E-state index in [4.69, 9.17) is 9.05 Å². The molecule has 0 radical (unpaired) electrons. The lowest BCUT2D eigenvalue weighted by molar-refractivity contribution is -0.220. The quantitative estimate of drug-likeness (QED) is 0.0162. The molecule has 0 aromatic rings. The van der Waals surface area contributed by atoms with Gasteiger partial charge in [-0.3, -0.25) is 13.8 Å². The standard InChI is InChI=1S/C47H88NO12P/c1-3-5-7-9-11-13-15-16-17-18-19-20-21-22-23-24-25-27-29-31-33-35-40(50)39(37-59-61(57,58)60-47-45(55)43(53)42(52)44(54)46(47)56)48-41(51)36-38(49)34-32-30-28-26-14-12-10-8-6-4-2/h21-22,25,27,33,35,38-40,42-47,49-50,52-56H,3-20,23-24,26,28-32,34,36-37H2,1-2H3,(H,48,51)(H,57,58)/b22-21+,27-25+,35-33+. The van der Waals surface area contributed by atoms with Crippen LogP contribution < -0.4 is 5.32 Å². The molecule has 8 unspecified atom stereocenters. The maximum absolute atomic E-state index is 13.0. The first kappa shape index (κ1) is 57.5. The van der Waals surface area contributed by atoms with Gasteiger partial charge >= 0.3 is 7.82 Å². The zero-order valence-electron chi connectivity index (χ0n) is 37.8. The smallest absolute Gasteiger partial charge is 0.393 e. The van der Waals surface area contributed by atoms with Crippen molar-refractivity contribution in [2.45, 2.75) is 249 Å². The fourth-order valence-electron chi connectivity index (χ4n) is 7.51. The molecule has 0 saturated heterocycles. The van der Waals surface area contributed by atoms with Crippen molar-refractivity contribution in [3.8, 4) is 0 Å². The molecule has 0 heterocycles. The highest BCUT2D eigenvalue weighted by Gasteiger charge is 2.51. The fraction of sp³-hybridized carbons (Fsp3) is 0.851. The third-order valence-electron chi connectivity index (χ3n) is 11.5. The van der Waals surface area contributed by atoms with E-state index in [-0.39, 0.29) is 6.42 Å². The summed E-state index contributed by atoms with van der Waals surface area (Å²) in [7, 11) is -5.15. The highest BCUT2D eigenvalue weighted by molar-refractivity contribution is 7.47. The number of amides is 1. The van der Waals surface area contributed by atoms with Gasteiger partial charge in [0.1, 0.15) is 36.6 Å². The van der Waals surface area contributed by atoms with E-state index in [0.29, 0.717) is 19.3 Å². The van der Waals surface area contributed by atoms with E-state index in [1.54, 1.807) is 6.08 Å². The molecular weight excluding hydrogens is 801 g/mol. The molecule has 1 aliphatic rings. The summed E-state index contributed by atoms with van der Waals surface area (Å²) < 4.78 is 22.8. The number of carbonyl (C=O) groups excluding carboxylic acids is 1. The number of hydrogen-bond donors (Lipinski definition) is 9. The Labute approximate surface area is 368 Å². The lowest BCUT2D eigenvalue weighted by atomic mass is 9.85. The number of allylic oxidation sites excluding steroid dienone is 5. The van der Waals surface area contributed by atoms with Crippen LogP contribution in [0.1, 0.15) is 194 Å². The van der Waals surface area contributed by atoms with E-state index in [0.717, 1.165) is 44.9 Å². The van der Waals surface area contributed by atoms with Crippen LogP contribution in [0.3, 0.4) is 0 Å². The molecule has 1 saturated carbocycles. The SMILES string of the molecule is CCCCCCCCCCCCC/C=C/CC/C=C/CC/C=C/C(O)C(COP(=O)(O)OC1C(O)C(O)C(O)C(O)C1O)NC(=O)CC(O)CCCCCCCCCCCC. The molecule has 0 spiro atoms. The molecule has 0 aromatic heterocycles. The maximum atomic E-state index is 13.0. The van der Waals surface area contributed by atoms with Gasteiger partial charge in [0, 0.05) is 0 Å². The zero-order valence-corrected chi connectivity index (χ0v) is 38.7. The first-order chi connectivity index (χ1) is 29.3. The maximum Gasteiger partial charge on any atom is 0.472 e. The average molecular weight is 890 g/mol. The van der Waals surface area contributed by atoms with Gasteiger partial charge in [-0.25, -0.2) is 4.57 Å². The highest BCUT2D eigenvalue weighted by atomic mass is 31.2. The fourth-order valence-corrected chi connectivity index (χ4v) is 8.47. The predicted molar refractivity (Wildman–Crippen MR) is 243 cm³/mol. The number of phosphoric ester groups is 1. The Balaban J connectivity index is 2.56. The van der Waals surface area contributed by atoms with E-state index in [2.05, 4.69) is 43.5 Å². The Morgan fingerprint density at radius 1 is 0.574 bits per heavy atom. The van der Waals surface area contributed by atoms with Crippen molar-refractivity contribution in [1.82, 2.24) is 5.32 Å². The van der Waals surface area contributed by atoms with Gasteiger partial charge in [0.25, 0.3) is 0 Å². The first-order valence-electron chi connectivity index (χ1n) is 24.0. The summed E-state index contributed by atoms with van der Waals surface area (Å²) in [4.78, 5) is 23.4. The Morgan fingerprint density at radius 3 is 1.44 bits per heavy atom. The van der Waals surface area contributed by atoms with Gasteiger partial charge in [-0.15, -0.1) is 0 Å². The van der Waals surface area contributed by atoms with Crippen molar-refractivity contribution in [1.29, 1.82) is 0 Å². The molecule has 358 valence electrons. The van der Waals surface area contributed by atoms with Crippen molar-refractivity contribution in [2.24, 2.45) is 0 Å². The van der Waals surface area contributed by atoms with Crippen molar-refractivity contribution < 1.29 is 59.0 Å². The van der Waals surface area contributed by atoms with E-state index in [9.17, 15) is 50.0 Å². The second kappa shape index (κ2) is 36.8. The summed E-state index contributed by atoms with van der Waals surface area (Å²) in [6, 6.07) is -1.26. The van der Waals surface area contributed by atoms with E-state index in [1.165, 1.54) is 115 Å². The van der Waals surface area contributed by atoms with Crippen molar-refractivity contribution >= 4 is 13.7 Å². The number of carbonyl (C=O) groups is 1. The summed E-state index contributed by atoms with van der Waals surface area (Å²) in [5.74, 6) is -0.608. The monoisotopic (exact) mass is 890 g/mol. The Hall–Kier alpha value is -1.48. The molecule has 0 bridgehead atoms. The van der Waals surface area contributed by atoms with Crippen molar-refractivity contribution in [3.63, 3.8) is 0 Å². The highest BCUT2D eigenvalue weighted by Crippen LogP contribution is 2.47. The van der Waals surface area contributed by atoms with Crippen LogP contribution in [0.2, 0.25) is 0 Å². The average Bonchev–Trinajstić information content (AvgIpc) is 3.23. The van der Waals surface area contributed by atoms with Gasteiger partial charge in [-0.05, 0) is 44.9 Å². The zero-order chi connectivity index (χ0) is 45.1. The van der Waals surface area contributed by atoms with Gasteiger partial charge in [-0.2, -0.15) is 0 Å². The van der Waals surface area contributed by atoms with Crippen LogP contribution in [0.25, 0.3) is 0 Å². The van der Waals surface area contributed by atoms with Crippen LogP contribution in [-0.4, -0.2) is 108 Å². The molecule has 1 aliphatic carbocycles. The minimum atomic E-state index is -5.15. The molecule has 61 heavy (non-hydrogen) atoms. The molecular formula is C47H88NO12P. The molecule has 0 aromatic carbocycles.